The Kier molecular flexibility index (Phi) is 4.82. The van der Waals surface area contributed by atoms with Crippen LogP contribution < -0.4 is 4.90 Å². The predicted octanol–water partition coefficient (Wildman–Crippen LogP) is 1.76. The Hall–Kier alpha value is -2.48. The van der Waals surface area contributed by atoms with E-state index in [0.29, 0.717) is 44.0 Å². The van der Waals surface area contributed by atoms with Crippen molar-refractivity contribution in [3.05, 3.63) is 41.6 Å². The summed E-state index contributed by atoms with van der Waals surface area (Å²) in [6.45, 7) is 4.01. The molecular weight excluding hydrogens is 361 g/mol. The fourth-order valence-electron chi connectivity index (χ4n) is 4.55. The average molecular weight is 387 g/mol. The third-order valence-electron chi connectivity index (χ3n) is 6.28. The maximum Gasteiger partial charge on any atom is 0.257 e. The Morgan fingerprint density at radius 3 is 2.89 bits per heavy atom. The number of carbonyl (C=O) groups is 1. The lowest BCUT2D eigenvalue weighted by Crippen LogP contribution is -2.60. The van der Waals surface area contributed by atoms with E-state index >= 15 is 0 Å². The minimum atomic E-state index is -0.527. The molecule has 28 heavy (non-hydrogen) atoms. The lowest BCUT2D eigenvalue weighted by Gasteiger charge is -2.51. The number of aromatic nitrogens is 3. The zero-order valence-corrected chi connectivity index (χ0v) is 16.3. The van der Waals surface area contributed by atoms with Gasteiger partial charge in [-0.1, -0.05) is 0 Å². The van der Waals surface area contributed by atoms with Gasteiger partial charge < -0.3 is 14.9 Å². The fourth-order valence-corrected chi connectivity index (χ4v) is 4.55. The Balaban J connectivity index is 1.58. The summed E-state index contributed by atoms with van der Waals surface area (Å²) in [6, 6.07) is 2.98. The normalized spacial score (nSPS) is 25.4. The second kappa shape index (κ2) is 7.16. The zero-order valence-electron chi connectivity index (χ0n) is 16.3. The van der Waals surface area contributed by atoms with Crippen LogP contribution in [-0.4, -0.2) is 63.0 Å². The standard InChI is InChI=1S/C20H26FN5O2/c1-14-15(11-23-24(14)2)19(28)26-9-4-7-20(13-26)12-25(10-6-17(20)27)18-16(21)5-3-8-22-18/h3,5,8,11,17,27H,4,6-7,9-10,12-13H2,1-2H3/t17?,20-/m1/s1. The van der Waals surface area contributed by atoms with Crippen LogP contribution in [0.2, 0.25) is 0 Å². The second-order valence-electron chi connectivity index (χ2n) is 7.99. The first kappa shape index (κ1) is 18.9. The third-order valence-corrected chi connectivity index (χ3v) is 6.28. The number of aliphatic hydroxyl groups is 1. The molecule has 7 nitrogen and oxygen atoms in total. The van der Waals surface area contributed by atoms with Crippen molar-refractivity contribution in [2.75, 3.05) is 31.1 Å². The van der Waals surface area contributed by atoms with Crippen LogP contribution in [0.25, 0.3) is 0 Å². The van der Waals surface area contributed by atoms with Gasteiger partial charge >= 0.3 is 0 Å². The molecular formula is C20H26FN5O2. The van der Waals surface area contributed by atoms with Crippen molar-refractivity contribution in [2.24, 2.45) is 12.5 Å². The van der Waals surface area contributed by atoms with Gasteiger partial charge in [0.1, 0.15) is 0 Å². The van der Waals surface area contributed by atoms with Gasteiger partial charge in [-0.2, -0.15) is 5.10 Å². The van der Waals surface area contributed by atoms with E-state index in [4.69, 9.17) is 0 Å². The molecule has 1 unspecified atom stereocenters. The van der Waals surface area contributed by atoms with Crippen LogP contribution in [0, 0.1) is 18.2 Å². The van der Waals surface area contributed by atoms with Gasteiger partial charge in [0.2, 0.25) is 0 Å². The maximum atomic E-state index is 14.3. The molecule has 0 aliphatic carbocycles. The zero-order chi connectivity index (χ0) is 19.9. The number of piperidine rings is 2. The number of halogens is 1. The summed E-state index contributed by atoms with van der Waals surface area (Å²) in [7, 11) is 1.81. The molecule has 2 aliphatic heterocycles. The largest absolute Gasteiger partial charge is 0.392 e. The highest BCUT2D eigenvalue weighted by atomic mass is 19.1. The molecule has 4 rings (SSSR count). The number of hydrogen-bond acceptors (Lipinski definition) is 5. The summed E-state index contributed by atoms with van der Waals surface area (Å²) in [5.41, 5.74) is 0.940. The summed E-state index contributed by atoms with van der Waals surface area (Å²) < 4.78 is 15.9. The number of aryl methyl sites for hydroxylation is 1. The van der Waals surface area contributed by atoms with Crippen LogP contribution in [-0.2, 0) is 7.05 Å². The maximum absolute atomic E-state index is 14.3. The second-order valence-corrected chi connectivity index (χ2v) is 7.99. The Morgan fingerprint density at radius 2 is 2.18 bits per heavy atom. The lowest BCUT2D eigenvalue weighted by molar-refractivity contribution is -0.0363. The van der Waals surface area contributed by atoms with Crippen molar-refractivity contribution in [1.82, 2.24) is 19.7 Å². The molecule has 4 heterocycles. The number of pyridine rings is 1. The number of anilines is 1. The number of hydrogen-bond donors (Lipinski definition) is 1. The van der Waals surface area contributed by atoms with Gasteiger partial charge in [0, 0.05) is 50.5 Å². The van der Waals surface area contributed by atoms with Gasteiger partial charge in [-0.3, -0.25) is 9.48 Å². The van der Waals surface area contributed by atoms with Crippen molar-refractivity contribution in [3.63, 3.8) is 0 Å². The summed E-state index contributed by atoms with van der Waals surface area (Å²) in [4.78, 5) is 21.0. The molecule has 8 heteroatoms. The highest BCUT2D eigenvalue weighted by Gasteiger charge is 2.47. The monoisotopic (exact) mass is 387 g/mol. The molecule has 2 saturated heterocycles. The highest BCUT2D eigenvalue weighted by Crippen LogP contribution is 2.40. The van der Waals surface area contributed by atoms with E-state index in [1.54, 1.807) is 23.1 Å². The molecule has 1 amide bonds. The lowest BCUT2D eigenvalue weighted by atomic mass is 9.71. The van der Waals surface area contributed by atoms with Gasteiger partial charge in [-0.15, -0.1) is 0 Å². The number of aliphatic hydroxyl groups excluding tert-OH is 1. The molecule has 0 aromatic carbocycles. The van der Waals surface area contributed by atoms with Gasteiger partial charge in [0.15, 0.2) is 11.6 Å². The van der Waals surface area contributed by atoms with E-state index in [2.05, 4.69) is 10.1 Å². The molecule has 2 atom stereocenters. The van der Waals surface area contributed by atoms with Gasteiger partial charge in [-0.05, 0) is 38.3 Å². The van der Waals surface area contributed by atoms with Crippen molar-refractivity contribution < 1.29 is 14.3 Å². The molecule has 0 radical (unpaired) electrons. The summed E-state index contributed by atoms with van der Waals surface area (Å²) in [5, 5.41) is 15.0. The molecule has 2 fully saturated rings. The molecule has 150 valence electrons. The van der Waals surface area contributed by atoms with Crippen LogP contribution in [0.4, 0.5) is 10.2 Å². The summed E-state index contributed by atoms with van der Waals surface area (Å²) in [6.07, 6.45) is 4.80. The first-order chi connectivity index (χ1) is 13.4. The molecule has 1 N–H and O–H groups in total. The van der Waals surface area contributed by atoms with Crippen LogP contribution in [0.3, 0.4) is 0 Å². The van der Waals surface area contributed by atoms with Crippen LogP contribution in [0.1, 0.15) is 35.3 Å². The smallest absolute Gasteiger partial charge is 0.257 e. The van der Waals surface area contributed by atoms with E-state index in [1.165, 1.54) is 6.07 Å². The minimum absolute atomic E-state index is 0.0574. The molecule has 0 saturated carbocycles. The van der Waals surface area contributed by atoms with Crippen LogP contribution >= 0.6 is 0 Å². The highest BCUT2D eigenvalue weighted by molar-refractivity contribution is 5.95. The molecule has 0 bridgehead atoms. The first-order valence-electron chi connectivity index (χ1n) is 9.73. The minimum Gasteiger partial charge on any atom is -0.392 e. The van der Waals surface area contributed by atoms with Crippen molar-refractivity contribution >= 4 is 11.7 Å². The van der Waals surface area contributed by atoms with E-state index in [9.17, 15) is 14.3 Å². The molecule has 2 aromatic rings. The predicted molar refractivity (Wildman–Crippen MR) is 103 cm³/mol. The third kappa shape index (κ3) is 3.15. The van der Waals surface area contributed by atoms with E-state index in [1.807, 2.05) is 23.8 Å². The van der Waals surface area contributed by atoms with Crippen LogP contribution in [0.15, 0.2) is 24.5 Å². The van der Waals surface area contributed by atoms with Gasteiger partial charge in [-0.25, -0.2) is 9.37 Å². The number of carbonyl (C=O) groups excluding carboxylic acids is 1. The number of amides is 1. The molecule has 1 spiro atoms. The van der Waals surface area contributed by atoms with Crippen molar-refractivity contribution in [3.8, 4) is 0 Å². The summed E-state index contributed by atoms with van der Waals surface area (Å²) >= 11 is 0. The van der Waals surface area contributed by atoms with Crippen LogP contribution in [0.5, 0.6) is 0 Å². The van der Waals surface area contributed by atoms with E-state index < -0.39 is 11.5 Å². The fraction of sp³-hybridized carbons (Fsp3) is 0.550. The van der Waals surface area contributed by atoms with E-state index in [0.717, 1.165) is 18.5 Å². The Bertz CT molecular complexity index is 885. The number of rotatable bonds is 2. The first-order valence-corrected chi connectivity index (χ1v) is 9.73. The molecule has 2 aromatic heterocycles. The van der Waals surface area contributed by atoms with Crippen molar-refractivity contribution in [2.45, 2.75) is 32.3 Å². The van der Waals surface area contributed by atoms with Crippen molar-refractivity contribution in [1.29, 1.82) is 0 Å². The number of likely N-dealkylation sites (tertiary alicyclic amines) is 1. The van der Waals surface area contributed by atoms with Gasteiger partial charge in [0.25, 0.3) is 5.91 Å². The molecule has 2 aliphatic rings. The average Bonchev–Trinajstić information content (AvgIpc) is 3.03. The number of nitrogens with zero attached hydrogens (tertiary/aromatic N) is 5. The Morgan fingerprint density at radius 1 is 1.36 bits per heavy atom. The topological polar surface area (TPSA) is 74.5 Å². The van der Waals surface area contributed by atoms with E-state index in [-0.39, 0.29) is 11.7 Å². The summed E-state index contributed by atoms with van der Waals surface area (Å²) in [5.74, 6) is -0.0953. The SMILES string of the molecule is Cc1c(C(=O)N2CCC[C@]3(C2)CN(c2ncccc2F)CCC3O)cnn1C. The quantitative estimate of drug-likeness (QED) is 0.850. The van der Waals surface area contributed by atoms with Gasteiger partial charge in [0.05, 0.1) is 17.9 Å². The Labute approximate surface area is 163 Å².